The van der Waals surface area contributed by atoms with Crippen molar-refractivity contribution in [3.05, 3.63) is 145 Å². The van der Waals surface area contributed by atoms with Crippen LogP contribution in [0.1, 0.15) is 41.7 Å². The highest BCUT2D eigenvalue weighted by atomic mass is 15.2. The van der Waals surface area contributed by atoms with Crippen LogP contribution in [0.15, 0.2) is 117 Å². The average Bonchev–Trinajstić information content (AvgIpc) is 3.39. The highest BCUT2D eigenvalue weighted by molar-refractivity contribution is 6.15. The molecule has 6 rings (SSSR count). The Morgan fingerprint density at radius 3 is 2.24 bits per heavy atom. The molecule has 1 aromatic heterocycles. The van der Waals surface area contributed by atoms with Crippen LogP contribution in [-0.2, 0) is 12.5 Å². The Kier molecular flexibility index (Phi) is 6.23. The Morgan fingerprint density at radius 1 is 0.805 bits per heavy atom. The molecule has 0 amide bonds. The normalized spacial score (nSPS) is 13.6. The van der Waals surface area contributed by atoms with E-state index in [2.05, 4.69) is 130 Å². The molecule has 0 bridgehead atoms. The maximum Gasteiger partial charge on any atom is 0.0562 e. The van der Waals surface area contributed by atoms with Crippen LogP contribution in [0.4, 0.5) is 11.4 Å². The van der Waals surface area contributed by atoms with Gasteiger partial charge in [-0.15, -0.1) is 0 Å². The Balaban J connectivity index is 1.77. The number of para-hydroxylation sites is 1. The van der Waals surface area contributed by atoms with Gasteiger partial charge >= 0.3 is 0 Å². The zero-order valence-electron chi connectivity index (χ0n) is 24.5. The standard InChI is InChI=1S/C39H36N2/c1-9-16-26(10-2)41(35-20-15-19-34-38(35)30-17-13-14-18-33(30)40(34)8)36-24-32-37(28(12-4)27(36)11-3)29-22-21-25(5)23-31(29)39(32,6)7/h9-24H,1-4H2,5-8H3/b26-16+. The highest BCUT2D eigenvalue weighted by Crippen LogP contribution is 2.54. The number of anilines is 2. The van der Waals surface area contributed by atoms with Gasteiger partial charge in [0, 0.05) is 40.0 Å². The third-order valence-electron chi connectivity index (χ3n) is 8.74. The second kappa shape index (κ2) is 9.67. The summed E-state index contributed by atoms with van der Waals surface area (Å²) in [4.78, 5) is 2.32. The van der Waals surface area contributed by atoms with Crippen molar-refractivity contribution in [1.82, 2.24) is 4.57 Å². The summed E-state index contributed by atoms with van der Waals surface area (Å²) in [6, 6.07) is 24.3. The lowest BCUT2D eigenvalue weighted by atomic mass is 9.80. The van der Waals surface area contributed by atoms with Crippen molar-refractivity contribution in [2.24, 2.45) is 7.05 Å². The van der Waals surface area contributed by atoms with E-state index in [1.54, 1.807) is 0 Å². The Labute approximate surface area is 243 Å². The second-order valence-electron chi connectivity index (χ2n) is 11.3. The van der Waals surface area contributed by atoms with Gasteiger partial charge in [0.2, 0.25) is 0 Å². The number of aromatic nitrogens is 1. The van der Waals surface area contributed by atoms with Crippen LogP contribution in [0.2, 0.25) is 0 Å². The molecule has 202 valence electrons. The first-order chi connectivity index (χ1) is 19.8. The van der Waals surface area contributed by atoms with E-state index in [9.17, 15) is 0 Å². The van der Waals surface area contributed by atoms with Crippen molar-refractivity contribution in [2.45, 2.75) is 26.2 Å². The summed E-state index contributed by atoms with van der Waals surface area (Å²) in [5, 5.41) is 2.40. The summed E-state index contributed by atoms with van der Waals surface area (Å²) in [6.45, 7) is 23.7. The van der Waals surface area contributed by atoms with E-state index in [0.717, 1.165) is 28.2 Å². The minimum Gasteiger partial charge on any atom is -0.344 e. The maximum absolute atomic E-state index is 4.31. The average molecular weight is 533 g/mol. The van der Waals surface area contributed by atoms with Crippen LogP contribution in [0.3, 0.4) is 0 Å². The SMILES string of the molecule is C=C/C=C(\C=C)N(c1cc2c(c(C=C)c1C=C)-c1ccc(C)cc1C2(C)C)c1cccc2c1c1ccccc1n2C. The number of nitrogens with zero attached hydrogens (tertiary/aromatic N) is 2. The fourth-order valence-corrected chi connectivity index (χ4v) is 6.78. The predicted molar refractivity (Wildman–Crippen MR) is 180 cm³/mol. The van der Waals surface area contributed by atoms with Gasteiger partial charge in [0.15, 0.2) is 0 Å². The van der Waals surface area contributed by atoms with Gasteiger partial charge in [-0.1, -0.05) is 106 Å². The molecule has 0 aliphatic heterocycles. The van der Waals surface area contributed by atoms with Gasteiger partial charge in [-0.3, -0.25) is 0 Å². The van der Waals surface area contributed by atoms with Crippen LogP contribution in [0.25, 0.3) is 45.1 Å². The van der Waals surface area contributed by atoms with Crippen molar-refractivity contribution >= 4 is 45.3 Å². The number of hydrogen-bond acceptors (Lipinski definition) is 1. The molecule has 5 aromatic rings. The number of aryl methyl sites for hydroxylation is 2. The van der Waals surface area contributed by atoms with Gasteiger partial charge in [0.1, 0.15) is 0 Å². The number of fused-ring (bicyclic) bond motifs is 6. The molecule has 0 saturated carbocycles. The molecule has 4 aromatic carbocycles. The Morgan fingerprint density at radius 2 is 1.54 bits per heavy atom. The Bertz CT molecular complexity index is 1960. The molecular formula is C39H36N2. The summed E-state index contributed by atoms with van der Waals surface area (Å²) in [5.74, 6) is 0. The molecule has 2 heteroatoms. The molecule has 1 aliphatic rings. The summed E-state index contributed by atoms with van der Waals surface area (Å²) in [6.07, 6.45) is 9.71. The zero-order valence-corrected chi connectivity index (χ0v) is 24.5. The molecule has 0 unspecified atom stereocenters. The van der Waals surface area contributed by atoms with Crippen LogP contribution in [0, 0.1) is 6.92 Å². The molecule has 1 heterocycles. The topological polar surface area (TPSA) is 8.17 Å². The van der Waals surface area contributed by atoms with E-state index in [4.69, 9.17) is 0 Å². The van der Waals surface area contributed by atoms with Crippen molar-refractivity contribution in [1.29, 1.82) is 0 Å². The quantitative estimate of drug-likeness (QED) is 0.189. The molecule has 0 fully saturated rings. The fraction of sp³-hybridized carbons (Fsp3) is 0.128. The van der Waals surface area contributed by atoms with Crippen LogP contribution in [0.5, 0.6) is 0 Å². The minimum absolute atomic E-state index is 0.184. The third-order valence-corrected chi connectivity index (χ3v) is 8.74. The summed E-state index contributed by atoms with van der Waals surface area (Å²) >= 11 is 0. The van der Waals surface area contributed by atoms with E-state index in [0.29, 0.717) is 0 Å². The fourth-order valence-electron chi connectivity index (χ4n) is 6.78. The van der Waals surface area contributed by atoms with Gasteiger partial charge in [0.05, 0.1) is 16.9 Å². The Hall–Kier alpha value is -4.82. The number of benzene rings is 4. The summed E-state index contributed by atoms with van der Waals surface area (Å²) < 4.78 is 2.27. The summed E-state index contributed by atoms with van der Waals surface area (Å²) in [7, 11) is 2.13. The van der Waals surface area contributed by atoms with E-state index >= 15 is 0 Å². The van der Waals surface area contributed by atoms with Crippen molar-refractivity contribution < 1.29 is 0 Å². The first-order valence-corrected chi connectivity index (χ1v) is 14.1. The van der Waals surface area contributed by atoms with Gasteiger partial charge in [0.25, 0.3) is 0 Å². The van der Waals surface area contributed by atoms with Gasteiger partial charge in [-0.25, -0.2) is 0 Å². The molecular weight excluding hydrogens is 496 g/mol. The van der Waals surface area contributed by atoms with Crippen molar-refractivity contribution in [3.8, 4) is 11.1 Å². The lowest BCUT2D eigenvalue weighted by Crippen LogP contribution is -2.20. The number of allylic oxidation sites excluding steroid dienone is 3. The lowest BCUT2D eigenvalue weighted by Gasteiger charge is -2.32. The molecule has 0 N–H and O–H groups in total. The first kappa shape index (κ1) is 26.4. The van der Waals surface area contributed by atoms with Gasteiger partial charge in [-0.2, -0.15) is 0 Å². The zero-order chi connectivity index (χ0) is 29.1. The van der Waals surface area contributed by atoms with Gasteiger partial charge < -0.3 is 9.47 Å². The molecule has 0 spiro atoms. The van der Waals surface area contributed by atoms with E-state index in [-0.39, 0.29) is 5.41 Å². The van der Waals surface area contributed by atoms with Crippen LogP contribution in [-0.4, -0.2) is 4.57 Å². The van der Waals surface area contributed by atoms with E-state index in [1.165, 1.54) is 49.6 Å². The smallest absolute Gasteiger partial charge is 0.0562 e. The van der Waals surface area contributed by atoms with Crippen LogP contribution >= 0.6 is 0 Å². The van der Waals surface area contributed by atoms with Crippen molar-refractivity contribution in [3.63, 3.8) is 0 Å². The molecule has 0 atom stereocenters. The number of hydrogen-bond donors (Lipinski definition) is 0. The minimum atomic E-state index is -0.184. The largest absolute Gasteiger partial charge is 0.344 e. The maximum atomic E-state index is 4.31. The molecule has 41 heavy (non-hydrogen) atoms. The molecule has 0 saturated heterocycles. The molecule has 0 radical (unpaired) electrons. The highest BCUT2D eigenvalue weighted by Gasteiger charge is 2.38. The number of rotatable bonds is 7. The van der Waals surface area contributed by atoms with Crippen molar-refractivity contribution in [2.75, 3.05) is 4.90 Å². The summed E-state index contributed by atoms with van der Waals surface area (Å²) in [5.41, 5.74) is 13.8. The second-order valence-corrected chi connectivity index (χ2v) is 11.3. The van der Waals surface area contributed by atoms with Gasteiger partial charge in [-0.05, 0) is 71.2 Å². The lowest BCUT2D eigenvalue weighted by molar-refractivity contribution is 0.659. The predicted octanol–water partition coefficient (Wildman–Crippen LogP) is 10.6. The monoisotopic (exact) mass is 532 g/mol. The molecule has 1 aliphatic carbocycles. The first-order valence-electron chi connectivity index (χ1n) is 14.1. The third kappa shape index (κ3) is 3.71. The van der Waals surface area contributed by atoms with E-state index in [1.807, 2.05) is 30.4 Å². The molecule has 2 nitrogen and oxygen atoms in total. The van der Waals surface area contributed by atoms with Crippen LogP contribution < -0.4 is 4.90 Å². The van der Waals surface area contributed by atoms with E-state index < -0.39 is 0 Å².